The van der Waals surface area contributed by atoms with E-state index in [4.69, 9.17) is 29.4 Å². The van der Waals surface area contributed by atoms with Gasteiger partial charge in [-0.05, 0) is 150 Å². The molecule has 2 fully saturated rings. The van der Waals surface area contributed by atoms with Crippen molar-refractivity contribution in [2.75, 3.05) is 13.2 Å². The number of pyridine rings is 4. The molecule has 10 heterocycles. The largest absolute Gasteiger partial charge is 0.368 e. The minimum atomic E-state index is 0.126. The van der Waals surface area contributed by atoms with Gasteiger partial charge in [0.1, 0.15) is 12.2 Å². The predicted molar refractivity (Wildman–Crippen MR) is 278 cm³/mol. The number of epoxide rings is 2. The average Bonchev–Trinajstić information content (AvgIpc) is 4.34. The van der Waals surface area contributed by atoms with Gasteiger partial charge in [0, 0.05) is 75.0 Å². The summed E-state index contributed by atoms with van der Waals surface area (Å²) in [4.78, 5) is 20.0. The summed E-state index contributed by atoms with van der Waals surface area (Å²) in [6.07, 6.45) is 14.2. The molecule has 1 aliphatic carbocycles. The molecule has 2 aliphatic heterocycles. The summed E-state index contributed by atoms with van der Waals surface area (Å²) in [5.74, 6) is 0. The number of fused-ring (bicyclic) bond motifs is 12. The van der Waals surface area contributed by atoms with Crippen molar-refractivity contribution >= 4 is 82.9 Å². The van der Waals surface area contributed by atoms with E-state index in [-0.39, 0.29) is 12.2 Å². The van der Waals surface area contributed by atoms with Crippen LogP contribution in [0.2, 0.25) is 0 Å². The average molecular weight is 905 g/mol. The minimum Gasteiger partial charge on any atom is -0.368 e. The molecule has 0 radical (unpaired) electrons. The van der Waals surface area contributed by atoms with E-state index in [2.05, 4.69) is 158 Å². The molecule has 0 spiro atoms. The van der Waals surface area contributed by atoms with E-state index >= 15 is 0 Å². The minimum absolute atomic E-state index is 0.126. The van der Waals surface area contributed by atoms with Crippen molar-refractivity contribution in [2.24, 2.45) is 0 Å². The van der Waals surface area contributed by atoms with Crippen molar-refractivity contribution in [3.05, 3.63) is 199 Å². The number of para-hydroxylation sites is 1. The maximum absolute atomic E-state index is 5.78. The zero-order valence-electron chi connectivity index (χ0n) is 37.7. The van der Waals surface area contributed by atoms with Gasteiger partial charge in [-0.25, -0.2) is 0 Å². The molecule has 10 heteroatoms. The first-order valence-electron chi connectivity index (χ1n) is 24.0. The lowest BCUT2D eigenvalue weighted by atomic mass is 10.0. The first-order valence-corrected chi connectivity index (χ1v) is 24.0. The van der Waals surface area contributed by atoms with Gasteiger partial charge in [-0.15, -0.1) is 0 Å². The molecule has 8 aromatic heterocycles. The molecule has 0 bridgehead atoms. The summed E-state index contributed by atoms with van der Waals surface area (Å²) < 4.78 is 21.2. The number of benzene rings is 5. The van der Waals surface area contributed by atoms with Crippen molar-refractivity contribution in [3.8, 4) is 33.9 Å². The van der Waals surface area contributed by atoms with E-state index in [0.29, 0.717) is 0 Å². The van der Waals surface area contributed by atoms with Crippen LogP contribution >= 0.6 is 0 Å². The molecule has 70 heavy (non-hydrogen) atoms. The van der Waals surface area contributed by atoms with Gasteiger partial charge in [0.15, 0.2) is 0 Å². The van der Waals surface area contributed by atoms with Gasteiger partial charge < -0.3 is 27.7 Å². The number of rotatable bonds is 7. The second-order valence-corrected chi connectivity index (χ2v) is 18.8. The standard InChI is InChI=1S/C60H40N8O2/c1-3-11-47-43(9-1)57-51(13-5-21-61-57)65(47)39-25-37(27-41(31-39)67-49-19-17-35(55-33-69-55)29-45(49)59-53(67)15-7-23-63-59)38-26-40(66-48-12-4-2-10-44(48)58-52(66)14-6-22-62-58)32-42(28-38)68-50-20-18-36(56-34-70-56)30-46(50)60-54(68)16-8-24-64-60/h1-3,5-11,13-32,55-56H,4,12,33-34H2. The summed E-state index contributed by atoms with van der Waals surface area (Å²) in [5.41, 5.74) is 22.4. The Morgan fingerprint density at radius 3 is 1.34 bits per heavy atom. The summed E-state index contributed by atoms with van der Waals surface area (Å²) in [6, 6.07) is 53.1. The fraction of sp³-hybridized carbons (Fsp3) is 0.100. The topological polar surface area (TPSA) is 96.3 Å². The van der Waals surface area contributed by atoms with E-state index in [9.17, 15) is 0 Å². The second-order valence-electron chi connectivity index (χ2n) is 18.8. The molecule has 332 valence electrons. The SMILES string of the molecule is C1=Cc2c(n(-c3cc(-c4cc(-n5c6ccccc6c6ncccc65)cc(-n5c6ccc(C7CO7)cc6c6ncccc65)c4)cc(-n4c5ccc(C6CO6)cc5c5ncccc54)c3)c3cccnc23)CC1. The third-order valence-electron chi connectivity index (χ3n) is 14.8. The fourth-order valence-electron chi connectivity index (χ4n) is 11.6. The van der Waals surface area contributed by atoms with Gasteiger partial charge in [0.25, 0.3) is 0 Å². The van der Waals surface area contributed by atoms with E-state index in [1.165, 1.54) is 22.4 Å². The molecule has 0 amide bonds. The lowest BCUT2D eigenvalue weighted by molar-refractivity contribution is 0.415. The van der Waals surface area contributed by atoms with Gasteiger partial charge in [-0.2, -0.15) is 0 Å². The van der Waals surface area contributed by atoms with Crippen LogP contribution in [0.3, 0.4) is 0 Å². The van der Waals surface area contributed by atoms with Gasteiger partial charge in [0.2, 0.25) is 0 Å². The Bertz CT molecular complexity index is 4360. The van der Waals surface area contributed by atoms with Crippen LogP contribution in [0.5, 0.6) is 0 Å². The lowest BCUT2D eigenvalue weighted by Crippen LogP contribution is -2.05. The van der Waals surface area contributed by atoms with E-state index in [1.807, 2.05) is 43.0 Å². The van der Waals surface area contributed by atoms with Crippen molar-refractivity contribution < 1.29 is 9.47 Å². The third kappa shape index (κ3) is 5.62. The first-order chi connectivity index (χ1) is 34.7. The number of hydrogen-bond donors (Lipinski definition) is 0. The smallest absolute Gasteiger partial charge is 0.106 e. The molecular weight excluding hydrogens is 865 g/mol. The van der Waals surface area contributed by atoms with Gasteiger partial charge >= 0.3 is 0 Å². The molecule has 2 saturated heterocycles. The molecule has 10 nitrogen and oxygen atoms in total. The van der Waals surface area contributed by atoms with Crippen LogP contribution in [-0.4, -0.2) is 51.4 Å². The Morgan fingerprint density at radius 1 is 0.400 bits per heavy atom. The molecule has 2 unspecified atom stereocenters. The zero-order chi connectivity index (χ0) is 45.6. The quantitative estimate of drug-likeness (QED) is 0.148. The molecule has 2 atom stereocenters. The molecule has 0 saturated carbocycles. The zero-order valence-corrected chi connectivity index (χ0v) is 37.7. The Kier molecular flexibility index (Phi) is 7.88. The van der Waals surface area contributed by atoms with Crippen molar-refractivity contribution in [1.82, 2.24) is 38.2 Å². The normalized spacial score (nSPS) is 16.5. The highest BCUT2D eigenvalue weighted by Gasteiger charge is 2.29. The summed E-state index contributed by atoms with van der Waals surface area (Å²) in [7, 11) is 0. The Labute approximate surface area is 399 Å². The Balaban J connectivity index is 1.02. The van der Waals surface area contributed by atoms with Crippen molar-refractivity contribution in [1.29, 1.82) is 0 Å². The highest BCUT2D eigenvalue weighted by Crippen LogP contribution is 2.43. The summed E-state index contributed by atoms with van der Waals surface area (Å²) >= 11 is 0. The molecule has 0 N–H and O–H groups in total. The third-order valence-corrected chi connectivity index (χ3v) is 14.8. The summed E-state index contributed by atoms with van der Waals surface area (Å²) in [6.45, 7) is 1.49. The van der Waals surface area contributed by atoms with Gasteiger partial charge in [-0.1, -0.05) is 42.5 Å². The second kappa shape index (κ2) is 14.4. The highest BCUT2D eigenvalue weighted by molar-refractivity contribution is 6.10. The van der Waals surface area contributed by atoms with Crippen LogP contribution in [-0.2, 0) is 15.9 Å². The molecule has 13 aromatic rings. The highest BCUT2D eigenvalue weighted by atomic mass is 16.6. The van der Waals surface area contributed by atoms with Crippen molar-refractivity contribution in [3.63, 3.8) is 0 Å². The number of aromatic nitrogens is 8. The van der Waals surface area contributed by atoms with E-state index < -0.39 is 0 Å². The van der Waals surface area contributed by atoms with E-state index in [0.717, 1.165) is 137 Å². The number of ether oxygens (including phenoxy) is 2. The number of nitrogens with zero attached hydrogens (tertiary/aromatic N) is 8. The maximum atomic E-state index is 5.78. The molecular formula is C60H40N8O2. The monoisotopic (exact) mass is 904 g/mol. The molecule has 16 rings (SSSR count). The van der Waals surface area contributed by atoms with Crippen LogP contribution in [0.25, 0.3) is 117 Å². The van der Waals surface area contributed by atoms with Crippen LogP contribution in [0.15, 0.2) is 176 Å². The number of hydrogen-bond acceptors (Lipinski definition) is 6. The fourth-order valence-corrected chi connectivity index (χ4v) is 11.6. The Morgan fingerprint density at radius 2 is 0.829 bits per heavy atom. The maximum Gasteiger partial charge on any atom is 0.106 e. The molecule has 3 aliphatic rings. The van der Waals surface area contributed by atoms with Crippen LogP contribution < -0.4 is 0 Å². The summed E-state index contributed by atoms with van der Waals surface area (Å²) in [5, 5.41) is 3.31. The lowest BCUT2D eigenvalue weighted by Gasteiger charge is -2.19. The van der Waals surface area contributed by atoms with Crippen LogP contribution in [0.4, 0.5) is 0 Å². The first kappa shape index (κ1) is 38.3. The number of allylic oxidation sites excluding steroid dienone is 1. The Hall–Kier alpha value is -8.70. The van der Waals surface area contributed by atoms with Crippen LogP contribution in [0, 0.1) is 0 Å². The predicted octanol–water partition coefficient (Wildman–Crippen LogP) is 13.3. The van der Waals surface area contributed by atoms with Gasteiger partial charge in [-0.3, -0.25) is 19.9 Å². The van der Waals surface area contributed by atoms with Crippen LogP contribution in [0.1, 0.15) is 41.0 Å². The van der Waals surface area contributed by atoms with E-state index in [1.54, 1.807) is 0 Å². The van der Waals surface area contributed by atoms with Gasteiger partial charge in [0.05, 0.1) is 73.9 Å². The van der Waals surface area contributed by atoms with Crippen molar-refractivity contribution in [2.45, 2.75) is 25.0 Å². The molecule has 5 aromatic carbocycles.